The molecule has 11 heteroatoms. The lowest BCUT2D eigenvalue weighted by Crippen LogP contribution is -2.15. The van der Waals surface area contributed by atoms with Crippen LogP contribution in [0.1, 0.15) is 64.0 Å². The Labute approximate surface area is 227 Å². The molecule has 3 N–H and O–H groups in total. The summed E-state index contributed by atoms with van der Waals surface area (Å²) in [6.07, 6.45) is 6.19. The number of rotatable bonds is 7. The Morgan fingerprint density at radius 2 is 1.95 bits per heavy atom. The Morgan fingerprint density at radius 1 is 1.19 bits per heavy atom. The second-order valence-corrected chi connectivity index (χ2v) is 11.4. The van der Waals surface area contributed by atoms with Crippen molar-refractivity contribution >= 4 is 57.1 Å². The van der Waals surface area contributed by atoms with Crippen LogP contribution >= 0.6 is 34.4 Å². The van der Waals surface area contributed by atoms with Gasteiger partial charge < -0.3 is 15.8 Å². The van der Waals surface area contributed by atoms with Gasteiger partial charge in [0.05, 0.1) is 18.2 Å². The summed E-state index contributed by atoms with van der Waals surface area (Å²) >= 11 is 4.14. The van der Waals surface area contributed by atoms with Gasteiger partial charge in [0.1, 0.15) is 33.5 Å². The molecule has 0 aliphatic heterocycles. The molecule has 0 bridgehead atoms. The molecule has 0 saturated heterocycles. The third-order valence-corrected chi connectivity index (χ3v) is 8.97. The number of nitrogens with two attached hydrogens (primary N) is 1. The van der Waals surface area contributed by atoms with Crippen LogP contribution < -0.4 is 11.1 Å². The highest BCUT2D eigenvalue weighted by molar-refractivity contribution is 7.99. The minimum atomic E-state index is -0.431. The lowest BCUT2D eigenvalue weighted by Gasteiger charge is -2.12. The molecule has 0 saturated carbocycles. The number of hydrogen-bond acceptors (Lipinski definition) is 10. The van der Waals surface area contributed by atoms with Crippen LogP contribution in [0.3, 0.4) is 0 Å². The summed E-state index contributed by atoms with van der Waals surface area (Å²) in [7, 11) is 1.35. The fourth-order valence-electron chi connectivity index (χ4n) is 4.35. The quantitative estimate of drug-likeness (QED) is 0.279. The molecule has 0 spiro atoms. The van der Waals surface area contributed by atoms with Gasteiger partial charge in [0, 0.05) is 22.6 Å². The number of anilines is 2. The number of thiophene rings is 2. The molecule has 1 amide bonds. The summed E-state index contributed by atoms with van der Waals surface area (Å²) in [6, 6.07) is 6.05. The minimum Gasteiger partial charge on any atom is -0.465 e. The third kappa shape index (κ3) is 5.80. The van der Waals surface area contributed by atoms with Crippen molar-refractivity contribution in [2.24, 2.45) is 0 Å². The Balaban J connectivity index is 1.51. The molecule has 0 unspecified atom stereocenters. The van der Waals surface area contributed by atoms with Crippen LogP contribution in [0.15, 0.2) is 21.9 Å². The Morgan fingerprint density at radius 3 is 2.62 bits per heavy atom. The maximum Gasteiger partial charge on any atom is 0.341 e. The van der Waals surface area contributed by atoms with Gasteiger partial charge in [0.25, 0.3) is 0 Å². The first-order chi connectivity index (χ1) is 18.0. The number of carbonyl (C=O) groups is 2. The number of hydrogen-bond donors (Lipinski definition) is 2. The van der Waals surface area contributed by atoms with Gasteiger partial charge >= 0.3 is 5.97 Å². The van der Waals surface area contributed by atoms with Crippen molar-refractivity contribution in [1.82, 2.24) is 4.98 Å². The van der Waals surface area contributed by atoms with Crippen molar-refractivity contribution in [3.63, 3.8) is 0 Å². The van der Waals surface area contributed by atoms with Gasteiger partial charge in [-0.15, -0.1) is 23.1 Å². The predicted octanol–water partition coefficient (Wildman–Crippen LogP) is 5.76. The lowest BCUT2D eigenvalue weighted by molar-refractivity contribution is -0.115. The molecule has 0 aromatic carbocycles. The SMILES string of the molecule is COC(=O)c1c(NC(=O)CCSc2nc(N)c(C#N)c(-c3ccsc3)c2C#N)sc2c1CCCCCC2. The maximum atomic E-state index is 12.9. The van der Waals surface area contributed by atoms with E-state index in [2.05, 4.69) is 22.4 Å². The zero-order valence-corrected chi connectivity index (χ0v) is 22.7. The highest BCUT2D eigenvalue weighted by Gasteiger charge is 2.26. The van der Waals surface area contributed by atoms with Crippen molar-refractivity contribution in [3.8, 4) is 23.3 Å². The van der Waals surface area contributed by atoms with E-state index >= 15 is 0 Å². The molecule has 8 nitrogen and oxygen atoms in total. The van der Waals surface area contributed by atoms with Crippen LogP contribution in [0.2, 0.25) is 0 Å². The number of aryl methyl sites for hydroxylation is 1. The molecule has 4 rings (SSSR count). The highest BCUT2D eigenvalue weighted by Crippen LogP contribution is 2.39. The molecule has 3 heterocycles. The van der Waals surface area contributed by atoms with Gasteiger partial charge in [0.15, 0.2) is 0 Å². The molecule has 0 atom stereocenters. The van der Waals surface area contributed by atoms with E-state index in [0.29, 0.717) is 26.9 Å². The van der Waals surface area contributed by atoms with Crippen molar-refractivity contribution in [2.45, 2.75) is 50.0 Å². The van der Waals surface area contributed by atoms with Crippen LogP contribution in [0, 0.1) is 22.7 Å². The lowest BCUT2D eigenvalue weighted by atomic mass is 9.96. The van der Waals surface area contributed by atoms with Crippen LogP contribution in [-0.2, 0) is 22.4 Å². The van der Waals surface area contributed by atoms with Crippen LogP contribution in [-0.4, -0.2) is 29.7 Å². The van der Waals surface area contributed by atoms with E-state index in [1.165, 1.54) is 41.5 Å². The van der Waals surface area contributed by atoms with E-state index in [9.17, 15) is 20.1 Å². The minimum absolute atomic E-state index is 0.0494. The number of esters is 1. The summed E-state index contributed by atoms with van der Waals surface area (Å²) < 4.78 is 5.03. The fraction of sp³-hybridized carbons (Fsp3) is 0.346. The average molecular weight is 552 g/mol. The molecule has 190 valence electrons. The summed E-state index contributed by atoms with van der Waals surface area (Å²) in [5.74, 6) is -0.293. The largest absolute Gasteiger partial charge is 0.465 e. The van der Waals surface area contributed by atoms with E-state index in [4.69, 9.17) is 10.5 Å². The number of thioether (sulfide) groups is 1. The number of fused-ring (bicyclic) bond motifs is 1. The molecule has 0 fully saturated rings. The van der Waals surface area contributed by atoms with E-state index in [0.717, 1.165) is 54.5 Å². The summed E-state index contributed by atoms with van der Waals surface area (Å²) in [4.78, 5) is 30.9. The molecule has 3 aromatic rings. The van der Waals surface area contributed by atoms with Gasteiger partial charge in [-0.05, 0) is 53.6 Å². The maximum absolute atomic E-state index is 12.9. The molecule has 1 aliphatic carbocycles. The number of ether oxygens (including phenoxy) is 1. The smallest absolute Gasteiger partial charge is 0.341 e. The molecule has 37 heavy (non-hydrogen) atoms. The van der Waals surface area contributed by atoms with Crippen molar-refractivity contribution in [1.29, 1.82) is 10.5 Å². The zero-order valence-electron chi connectivity index (χ0n) is 20.3. The molecule has 1 aliphatic rings. The standard InChI is InChI=1S/C26H25N5O3S3/c1-34-26(33)22-16-6-4-2-3-5-7-19(16)37-25(22)30-20(32)9-11-36-24-18(13-28)21(15-8-10-35-14-15)17(12-27)23(29)31-24/h8,10,14H,2-7,9,11H2,1H3,(H2,29,31)(H,30,32). The first kappa shape index (κ1) is 26.7. The normalized spacial score (nSPS) is 12.9. The first-order valence-corrected chi connectivity index (χ1v) is 14.5. The van der Waals surface area contributed by atoms with Gasteiger partial charge in [-0.2, -0.15) is 21.9 Å². The summed E-state index contributed by atoms with van der Waals surface area (Å²) in [5, 5.41) is 27.0. The van der Waals surface area contributed by atoms with Gasteiger partial charge in [-0.1, -0.05) is 12.8 Å². The molecule has 3 aromatic heterocycles. The number of nitrogens with one attached hydrogen (secondary N) is 1. The first-order valence-electron chi connectivity index (χ1n) is 11.8. The van der Waals surface area contributed by atoms with Crippen LogP contribution in [0.4, 0.5) is 10.8 Å². The average Bonchev–Trinajstić information content (AvgIpc) is 3.51. The van der Waals surface area contributed by atoms with Crippen LogP contribution in [0.5, 0.6) is 0 Å². The third-order valence-electron chi connectivity index (χ3n) is 6.11. The molecular formula is C26H25N5O3S3. The predicted molar refractivity (Wildman–Crippen MR) is 147 cm³/mol. The van der Waals surface area contributed by atoms with E-state index in [1.807, 2.05) is 16.8 Å². The Bertz CT molecular complexity index is 1400. The Hall–Kier alpha value is -3.38. The van der Waals surface area contributed by atoms with Gasteiger partial charge in [0.2, 0.25) is 5.91 Å². The number of nitriles is 2. The summed E-state index contributed by atoms with van der Waals surface area (Å²) in [6.45, 7) is 0. The number of amides is 1. The Kier molecular flexibility index (Phi) is 8.82. The van der Waals surface area contributed by atoms with Gasteiger partial charge in [-0.25, -0.2) is 9.78 Å². The van der Waals surface area contributed by atoms with Crippen LogP contribution in [0.25, 0.3) is 11.1 Å². The fourth-order valence-corrected chi connectivity index (χ4v) is 7.23. The highest BCUT2D eigenvalue weighted by atomic mass is 32.2. The van der Waals surface area contributed by atoms with Crippen molar-refractivity contribution in [2.75, 3.05) is 23.9 Å². The second kappa shape index (κ2) is 12.2. The number of nitrogen functional groups attached to an aromatic ring is 1. The zero-order chi connectivity index (χ0) is 26.4. The monoisotopic (exact) mass is 551 g/mol. The topological polar surface area (TPSA) is 142 Å². The van der Waals surface area contributed by atoms with Crippen molar-refractivity contribution in [3.05, 3.63) is 44.0 Å². The van der Waals surface area contributed by atoms with E-state index in [1.54, 1.807) is 0 Å². The molecular weight excluding hydrogens is 527 g/mol. The number of methoxy groups -OCH3 is 1. The number of nitrogens with zero attached hydrogens (tertiary/aromatic N) is 3. The number of carbonyl (C=O) groups excluding carboxylic acids is 2. The number of aromatic nitrogens is 1. The number of pyridine rings is 1. The van der Waals surface area contributed by atoms with E-state index < -0.39 is 5.97 Å². The molecule has 0 radical (unpaired) electrons. The van der Waals surface area contributed by atoms with E-state index in [-0.39, 0.29) is 29.3 Å². The second-order valence-electron chi connectivity index (χ2n) is 8.42. The van der Waals surface area contributed by atoms with Gasteiger partial charge in [-0.3, -0.25) is 4.79 Å². The summed E-state index contributed by atoms with van der Waals surface area (Å²) in [5.41, 5.74) is 9.15. The van der Waals surface area contributed by atoms with Crippen molar-refractivity contribution < 1.29 is 14.3 Å².